The number of pyridine rings is 1. The number of aromatic nitrogens is 1. The summed E-state index contributed by atoms with van der Waals surface area (Å²) in [5.41, 5.74) is 1.02. The second-order valence-electron chi connectivity index (χ2n) is 5.24. The number of nitrogens with zero attached hydrogens (tertiary/aromatic N) is 2. The normalized spacial score (nSPS) is 18.3. The third-order valence-electron chi connectivity index (χ3n) is 3.47. The van der Waals surface area contributed by atoms with Gasteiger partial charge in [-0.25, -0.2) is 4.98 Å². The third kappa shape index (κ3) is 4.21. The number of nitrogens with one attached hydrogen (secondary N) is 2. The molecule has 0 saturated carbocycles. The molecule has 19 heavy (non-hydrogen) atoms. The summed E-state index contributed by atoms with van der Waals surface area (Å²) in [5.74, 6) is 1.33. The van der Waals surface area contributed by atoms with Gasteiger partial charge in [-0.05, 0) is 44.0 Å². The molecule has 2 rings (SSSR count). The Balaban J connectivity index is 1.77. The Morgan fingerprint density at radius 1 is 1.53 bits per heavy atom. The summed E-state index contributed by atoms with van der Waals surface area (Å²) in [6.45, 7) is 2.13. The lowest BCUT2D eigenvalue weighted by Gasteiger charge is -2.12. The van der Waals surface area contributed by atoms with Crippen LogP contribution in [0.5, 0.6) is 0 Å². The van der Waals surface area contributed by atoms with E-state index in [9.17, 15) is 4.79 Å². The number of carbonyl (C=O) groups excluding carboxylic acids is 1. The number of amides is 1. The number of rotatable bonds is 5. The van der Waals surface area contributed by atoms with E-state index >= 15 is 0 Å². The van der Waals surface area contributed by atoms with E-state index in [-0.39, 0.29) is 5.91 Å². The van der Waals surface area contributed by atoms with Crippen LogP contribution in [0, 0.1) is 5.92 Å². The quantitative estimate of drug-likeness (QED) is 0.844. The number of carbonyl (C=O) groups is 1. The van der Waals surface area contributed by atoms with Gasteiger partial charge in [-0.3, -0.25) is 4.79 Å². The molecule has 0 aliphatic carbocycles. The number of anilines is 2. The van der Waals surface area contributed by atoms with E-state index in [2.05, 4.69) is 15.6 Å². The van der Waals surface area contributed by atoms with Crippen molar-refractivity contribution in [1.29, 1.82) is 0 Å². The first kappa shape index (κ1) is 13.8. The topological polar surface area (TPSA) is 57.3 Å². The highest BCUT2D eigenvalue weighted by molar-refractivity contribution is 5.89. The van der Waals surface area contributed by atoms with Gasteiger partial charge in [0.15, 0.2) is 0 Å². The van der Waals surface area contributed by atoms with Crippen molar-refractivity contribution >= 4 is 17.4 Å². The van der Waals surface area contributed by atoms with E-state index in [1.165, 1.54) is 6.42 Å². The minimum atomic E-state index is 0.0528. The van der Waals surface area contributed by atoms with Crippen molar-refractivity contribution in [3.63, 3.8) is 0 Å². The van der Waals surface area contributed by atoms with Crippen molar-refractivity contribution < 1.29 is 4.79 Å². The van der Waals surface area contributed by atoms with Crippen LogP contribution in [0.3, 0.4) is 0 Å². The summed E-state index contributed by atoms with van der Waals surface area (Å²) in [4.78, 5) is 18.0. The van der Waals surface area contributed by atoms with E-state index in [1.807, 2.05) is 31.1 Å². The molecule has 0 spiro atoms. The van der Waals surface area contributed by atoms with Crippen LogP contribution in [0.4, 0.5) is 11.5 Å². The molecule has 1 aromatic rings. The highest BCUT2D eigenvalue weighted by Crippen LogP contribution is 2.16. The Morgan fingerprint density at radius 2 is 2.37 bits per heavy atom. The molecule has 5 nitrogen and oxygen atoms in total. The zero-order valence-corrected chi connectivity index (χ0v) is 11.6. The minimum Gasteiger partial charge on any atom is -0.376 e. The molecule has 1 unspecified atom stereocenters. The zero-order valence-electron chi connectivity index (χ0n) is 11.6. The molecule has 1 aromatic heterocycles. The predicted octanol–water partition coefficient (Wildman–Crippen LogP) is 1.48. The Morgan fingerprint density at radius 3 is 2.95 bits per heavy atom. The average molecular weight is 262 g/mol. The summed E-state index contributed by atoms with van der Waals surface area (Å²) in [5, 5.41) is 6.16. The van der Waals surface area contributed by atoms with Gasteiger partial charge in [0.2, 0.25) is 5.91 Å². The average Bonchev–Trinajstić information content (AvgIpc) is 2.90. The maximum absolute atomic E-state index is 11.8. The van der Waals surface area contributed by atoms with Crippen LogP contribution in [-0.4, -0.2) is 38.1 Å². The molecule has 0 aromatic carbocycles. The van der Waals surface area contributed by atoms with E-state index in [0.717, 1.165) is 25.2 Å². The van der Waals surface area contributed by atoms with Crippen LogP contribution in [-0.2, 0) is 4.79 Å². The maximum atomic E-state index is 11.8. The standard InChI is InChI=1S/C14H22N4O/c1-18(2)12-4-5-13(16-10-12)17-14(19)6-3-11-7-8-15-9-11/h4-5,10-11,15H,3,6-9H2,1-2H3,(H,16,17,19). The third-order valence-corrected chi connectivity index (χ3v) is 3.47. The number of hydrogen-bond acceptors (Lipinski definition) is 4. The fourth-order valence-corrected chi connectivity index (χ4v) is 2.23. The van der Waals surface area contributed by atoms with Gasteiger partial charge in [-0.1, -0.05) is 0 Å². The Bertz CT molecular complexity index is 410. The first-order chi connectivity index (χ1) is 9.15. The molecule has 0 radical (unpaired) electrons. The summed E-state index contributed by atoms with van der Waals surface area (Å²) in [7, 11) is 3.93. The van der Waals surface area contributed by atoms with Crippen molar-refractivity contribution in [3.8, 4) is 0 Å². The molecule has 1 aliphatic heterocycles. The molecule has 2 N–H and O–H groups in total. The Hall–Kier alpha value is -1.62. The first-order valence-electron chi connectivity index (χ1n) is 6.79. The van der Waals surface area contributed by atoms with Crippen LogP contribution in [0.25, 0.3) is 0 Å². The lowest BCUT2D eigenvalue weighted by atomic mass is 10.0. The fraction of sp³-hybridized carbons (Fsp3) is 0.571. The molecule has 1 saturated heterocycles. The molecule has 2 heterocycles. The van der Waals surface area contributed by atoms with E-state index in [1.54, 1.807) is 6.20 Å². The second-order valence-corrected chi connectivity index (χ2v) is 5.24. The smallest absolute Gasteiger partial charge is 0.225 e. The van der Waals surface area contributed by atoms with Crippen LogP contribution >= 0.6 is 0 Å². The van der Waals surface area contributed by atoms with Gasteiger partial charge in [0.25, 0.3) is 0 Å². The van der Waals surface area contributed by atoms with Gasteiger partial charge < -0.3 is 15.5 Å². The molecule has 1 aliphatic rings. The van der Waals surface area contributed by atoms with Crippen molar-refractivity contribution in [2.45, 2.75) is 19.3 Å². The summed E-state index contributed by atoms with van der Waals surface area (Å²) >= 11 is 0. The van der Waals surface area contributed by atoms with Crippen molar-refractivity contribution in [3.05, 3.63) is 18.3 Å². The van der Waals surface area contributed by atoms with E-state index < -0.39 is 0 Å². The molecule has 1 fully saturated rings. The predicted molar refractivity (Wildman–Crippen MR) is 77.4 cm³/mol. The van der Waals surface area contributed by atoms with Gasteiger partial charge in [-0.15, -0.1) is 0 Å². The minimum absolute atomic E-state index is 0.0528. The molecule has 0 bridgehead atoms. The van der Waals surface area contributed by atoms with Crippen molar-refractivity contribution in [1.82, 2.24) is 10.3 Å². The molecule has 104 valence electrons. The van der Waals surface area contributed by atoms with Crippen LogP contribution in [0.15, 0.2) is 18.3 Å². The molecule has 1 atom stereocenters. The molecule has 1 amide bonds. The second kappa shape index (κ2) is 6.52. The van der Waals surface area contributed by atoms with Crippen molar-refractivity contribution in [2.24, 2.45) is 5.92 Å². The first-order valence-corrected chi connectivity index (χ1v) is 6.79. The lowest BCUT2D eigenvalue weighted by molar-refractivity contribution is -0.116. The zero-order chi connectivity index (χ0) is 13.7. The largest absolute Gasteiger partial charge is 0.376 e. The Kier molecular flexibility index (Phi) is 4.74. The highest BCUT2D eigenvalue weighted by Gasteiger charge is 2.15. The van der Waals surface area contributed by atoms with Crippen molar-refractivity contribution in [2.75, 3.05) is 37.4 Å². The lowest BCUT2D eigenvalue weighted by Crippen LogP contribution is -2.16. The summed E-state index contributed by atoms with van der Waals surface area (Å²) in [6, 6.07) is 3.79. The molecule has 5 heteroatoms. The van der Waals surface area contributed by atoms with Gasteiger partial charge in [0.05, 0.1) is 11.9 Å². The van der Waals surface area contributed by atoms with Gasteiger partial charge in [0.1, 0.15) is 5.82 Å². The van der Waals surface area contributed by atoms with E-state index in [4.69, 9.17) is 0 Å². The maximum Gasteiger partial charge on any atom is 0.225 e. The summed E-state index contributed by atoms with van der Waals surface area (Å²) < 4.78 is 0. The summed E-state index contributed by atoms with van der Waals surface area (Å²) in [6.07, 6.45) is 4.47. The SMILES string of the molecule is CN(C)c1ccc(NC(=O)CCC2CCNC2)nc1. The highest BCUT2D eigenvalue weighted by atomic mass is 16.1. The van der Waals surface area contributed by atoms with E-state index in [0.29, 0.717) is 18.2 Å². The number of hydrogen-bond donors (Lipinski definition) is 2. The van der Waals surface area contributed by atoms with Gasteiger partial charge in [-0.2, -0.15) is 0 Å². The fourth-order valence-electron chi connectivity index (χ4n) is 2.23. The molecular formula is C14H22N4O. The Labute approximate surface area is 114 Å². The van der Waals surface area contributed by atoms with Gasteiger partial charge >= 0.3 is 0 Å². The van der Waals surface area contributed by atoms with Gasteiger partial charge in [0, 0.05) is 20.5 Å². The molecular weight excluding hydrogens is 240 g/mol. The monoisotopic (exact) mass is 262 g/mol. The van der Waals surface area contributed by atoms with Crippen LogP contribution in [0.1, 0.15) is 19.3 Å². The van der Waals surface area contributed by atoms with Crippen LogP contribution in [0.2, 0.25) is 0 Å². The van der Waals surface area contributed by atoms with Crippen LogP contribution < -0.4 is 15.5 Å².